The van der Waals surface area contributed by atoms with Crippen LogP contribution in [0.3, 0.4) is 0 Å². The molecule has 2 aromatic carbocycles. The molecule has 0 saturated carbocycles. The second-order valence-electron chi connectivity index (χ2n) is 8.48. The van der Waals surface area contributed by atoms with E-state index in [-0.39, 0.29) is 5.92 Å². The molecule has 5 rings (SSSR count). The Morgan fingerprint density at radius 1 is 1.16 bits per heavy atom. The lowest BCUT2D eigenvalue weighted by molar-refractivity contribution is 0.330. The van der Waals surface area contributed by atoms with E-state index in [9.17, 15) is 0 Å². The Bertz CT molecular complexity index is 1330. The standard InChI is InChI=1S/C26H26N4OS/c1-17-8-10-19(11-9-17)26(32)31-28-25-20(16-30-15-14-27-18(30)2)12-13-23-24(25)21-6-4-5-7-22(21)29(23)3/h4-11,14-15,20H,12-13,16H2,1-3H3/b28-25+. The molecule has 0 saturated heterocycles. The Morgan fingerprint density at radius 2 is 1.94 bits per heavy atom. The summed E-state index contributed by atoms with van der Waals surface area (Å²) in [6.45, 7) is 4.90. The zero-order chi connectivity index (χ0) is 22.2. The highest BCUT2D eigenvalue weighted by atomic mass is 32.1. The number of hydrogen-bond acceptors (Lipinski definition) is 4. The molecule has 6 heteroatoms. The fourth-order valence-corrected chi connectivity index (χ4v) is 4.81. The lowest BCUT2D eigenvalue weighted by Crippen LogP contribution is -2.28. The highest BCUT2D eigenvalue weighted by Gasteiger charge is 2.31. The highest BCUT2D eigenvalue weighted by molar-refractivity contribution is 7.80. The number of hydrogen-bond donors (Lipinski definition) is 0. The van der Waals surface area contributed by atoms with E-state index in [1.54, 1.807) is 0 Å². The van der Waals surface area contributed by atoms with Gasteiger partial charge in [-0.3, -0.25) is 0 Å². The van der Waals surface area contributed by atoms with Crippen LogP contribution >= 0.6 is 12.2 Å². The highest BCUT2D eigenvalue weighted by Crippen LogP contribution is 2.35. The number of nitrogens with zero attached hydrogens (tertiary/aromatic N) is 4. The van der Waals surface area contributed by atoms with Gasteiger partial charge in [0.25, 0.3) is 0 Å². The number of rotatable bonds is 4. The zero-order valence-electron chi connectivity index (χ0n) is 18.6. The fourth-order valence-electron chi connectivity index (χ4n) is 4.64. The molecule has 0 N–H and O–H groups in total. The first kappa shape index (κ1) is 20.6. The molecule has 32 heavy (non-hydrogen) atoms. The summed E-state index contributed by atoms with van der Waals surface area (Å²) in [5.74, 6) is 1.21. The molecule has 4 aromatic rings. The maximum atomic E-state index is 5.89. The second-order valence-corrected chi connectivity index (χ2v) is 8.85. The van der Waals surface area contributed by atoms with Gasteiger partial charge in [0.05, 0.1) is 5.71 Å². The number of fused-ring (bicyclic) bond motifs is 3. The van der Waals surface area contributed by atoms with Gasteiger partial charge in [-0.2, -0.15) is 0 Å². The zero-order valence-corrected chi connectivity index (χ0v) is 19.4. The molecule has 0 bridgehead atoms. The lowest BCUT2D eigenvalue weighted by Gasteiger charge is -2.26. The minimum atomic E-state index is 0.210. The van der Waals surface area contributed by atoms with Crippen molar-refractivity contribution in [2.45, 2.75) is 33.2 Å². The van der Waals surface area contributed by atoms with Crippen molar-refractivity contribution in [3.63, 3.8) is 0 Å². The van der Waals surface area contributed by atoms with Crippen LogP contribution < -0.4 is 0 Å². The number of benzene rings is 2. The van der Waals surface area contributed by atoms with Crippen LogP contribution in [0.25, 0.3) is 10.9 Å². The van der Waals surface area contributed by atoms with Crippen LogP contribution in [0.2, 0.25) is 0 Å². The first-order valence-corrected chi connectivity index (χ1v) is 11.3. The maximum absolute atomic E-state index is 5.89. The minimum absolute atomic E-state index is 0.210. The third-order valence-corrected chi connectivity index (χ3v) is 6.77. The van der Waals surface area contributed by atoms with Crippen molar-refractivity contribution in [3.05, 3.63) is 89.1 Å². The van der Waals surface area contributed by atoms with Crippen molar-refractivity contribution in [2.24, 2.45) is 18.1 Å². The van der Waals surface area contributed by atoms with E-state index in [4.69, 9.17) is 22.2 Å². The normalized spacial score (nSPS) is 17.0. The topological polar surface area (TPSA) is 44.3 Å². The molecule has 162 valence electrons. The molecule has 1 aliphatic rings. The largest absolute Gasteiger partial charge is 0.347 e. The summed E-state index contributed by atoms with van der Waals surface area (Å²) in [6, 6.07) is 16.5. The van der Waals surface area contributed by atoms with Crippen molar-refractivity contribution in [2.75, 3.05) is 0 Å². The summed E-state index contributed by atoms with van der Waals surface area (Å²) in [7, 11) is 2.14. The Balaban J connectivity index is 1.57. The molecule has 1 unspecified atom stereocenters. The predicted molar refractivity (Wildman–Crippen MR) is 132 cm³/mol. The SMILES string of the molecule is Cc1ccc(C(=S)O/N=C2/c3c(n(C)c4ccccc34)CCC2Cn2ccnc2C)cc1. The van der Waals surface area contributed by atoms with Gasteiger partial charge in [0, 0.05) is 59.6 Å². The van der Waals surface area contributed by atoms with Gasteiger partial charge in [-0.1, -0.05) is 41.1 Å². The van der Waals surface area contributed by atoms with E-state index >= 15 is 0 Å². The van der Waals surface area contributed by atoms with Crippen LogP contribution in [0.4, 0.5) is 0 Å². The van der Waals surface area contributed by atoms with Crippen molar-refractivity contribution in [1.82, 2.24) is 14.1 Å². The summed E-state index contributed by atoms with van der Waals surface area (Å²) in [5.41, 5.74) is 6.71. The van der Waals surface area contributed by atoms with Crippen LogP contribution in [-0.4, -0.2) is 24.9 Å². The van der Waals surface area contributed by atoms with E-state index in [0.717, 1.165) is 36.5 Å². The Labute approximate surface area is 193 Å². The van der Waals surface area contributed by atoms with Gasteiger partial charge in [0.2, 0.25) is 5.05 Å². The van der Waals surface area contributed by atoms with Gasteiger partial charge in [0.1, 0.15) is 5.82 Å². The Hall–Kier alpha value is -3.25. The summed E-state index contributed by atoms with van der Waals surface area (Å²) in [4.78, 5) is 10.3. The fraction of sp³-hybridized carbons (Fsp3) is 0.269. The lowest BCUT2D eigenvalue weighted by atomic mass is 9.84. The van der Waals surface area contributed by atoms with Crippen molar-refractivity contribution >= 4 is 33.9 Å². The quantitative estimate of drug-likeness (QED) is 0.316. The van der Waals surface area contributed by atoms with E-state index in [0.29, 0.717) is 5.05 Å². The van der Waals surface area contributed by atoms with Crippen molar-refractivity contribution in [3.8, 4) is 0 Å². The molecule has 0 amide bonds. The van der Waals surface area contributed by atoms with Crippen LogP contribution in [-0.2, 0) is 24.9 Å². The van der Waals surface area contributed by atoms with E-state index < -0.39 is 0 Å². The predicted octanol–water partition coefficient (Wildman–Crippen LogP) is 5.35. The van der Waals surface area contributed by atoms with E-state index in [1.165, 1.54) is 27.7 Å². The molecular formula is C26H26N4OS. The number of aryl methyl sites for hydroxylation is 3. The smallest absolute Gasteiger partial charge is 0.228 e. The number of para-hydroxylation sites is 1. The van der Waals surface area contributed by atoms with Crippen molar-refractivity contribution in [1.29, 1.82) is 0 Å². The van der Waals surface area contributed by atoms with Gasteiger partial charge in [0.15, 0.2) is 0 Å². The maximum Gasteiger partial charge on any atom is 0.228 e. The number of oxime groups is 1. The number of imidazole rings is 1. The minimum Gasteiger partial charge on any atom is -0.347 e. The van der Waals surface area contributed by atoms with Gasteiger partial charge < -0.3 is 14.0 Å². The van der Waals surface area contributed by atoms with Gasteiger partial charge in [-0.15, -0.1) is 0 Å². The molecule has 2 heterocycles. The average Bonchev–Trinajstić information content (AvgIpc) is 3.34. The molecule has 2 aromatic heterocycles. The Morgan fingerprint density at radius 3 is 2.69 bits per heavy atom. The number of aromatic nitrogens is 3. The molecule has 5 nitrogen and oxygen atoms in total. The van der Waals surface area contributed by atoms with Gasteiger partial charge in [-0.05, 0) is 57.1 Å². The monoisotopic (exact) mass is 442 g/mol. The first-order valence-electron chi connectivity index (χ1n) is 10.9. The molecular weight excluding hydrogens is 416 g/mol. The average molecular weight is 443 g/mol. The van der Waals surface area contributed by atoms with Gasteiger partial charge >= 0.3 is 0 Å². The van der Waals surface area contributed by atoms with Crippen LogP contribution in [0.1, 0.15) is 34.6 Å². The molecule has 1 aliphatic carbocycles. The van der Waals surface area contributed by atoms with E-state index in [2.05, 4.69) is 52.4 Å². The summed E-state index contributed by atoms with van der Waals surface area (Å²) in [5, 5.41) is 6.31. The summed E-state index contributed by atoms with van der Waals surface area (Å²) < 4.78 is 4.48. The number of thiocarbonyl (C=S) groups is 1. The van der Waals surface area contributed by atoms with Gasteiger partial charge in [-0.25, -0.2) is 4.98 Å². The molecule has 0 fully saturated rings. The summed E-state index contributed by atoms with van der Waals surface area (Å²) >= 11 is 5.56. The molecule has 0 aliphatic heterocycles. The van der Waals surface area contributed by atoms with Crippen LogP contribution in [0, 0.1) is 19.8 Å². The molecule has 1 atom stereocenters. The van der Waals surface area contributed by atoms with Crippen LogP contribution in [0.15, 0.2) is 66.1 Å². The Kier molecular flexibility index (Phi) is 5.39. The second kappa shape index (κ2) is 8.36. The van der Waals surface area contributed by atoms with Crippen molar-refractivity contribution < 1.29 is 4.84 Å². The van der Waals surface area contributed by atoms with Crippen LogP contribution in [0.5, 0.6) is 0 Å². The molecule has 0 radical (unpaired) electrons. The third kappa shape index (κ3) is 3.65. The third-order valence-electron chi connectivity index (χ3n) is 6.46. The summed E-state index contributed by atoms with van der Waals surface area (Å²) in [6.07, 6.45) is 5.87. The molecule has 0 spiro atoms. The van der Waals surface area contributed by atoms with E-state index in [1.807, 2.05) is 43.6 Å². The first-order chi connectivity index (χ1) is 15.5.